The molecule has 1 atom stereocenters. The Morgan fingerprint density at radius 3 is 2.96 bits per heavy atom. The van der Waals surface area contributed by atoms with Gasteiger partial charge in [-0.2, -0.15) is 5.10 Å². The van der Waals surface area contributed by atoms with E-state index in [-0.39, 0.29) is 5.91 Å². The highest BCUT2D eigenvalue weighted by molar-refractivity contribution is 5.76. The molecule has 0 bridgehead atoms. The van der Waals surface area contributed by atoms with Gasteiger partial charge >= 0.3 is 0 Å². The molecule has 0 unspecified atom stereocenters. The molecule has 5 heteroatoms. The van der Waals surface area contributed by atoms with Gasteiger partial charge in [0.25, 0.3) is 0 Å². The Hall–Kier alpha value is -2.17. The van der Waals surface area contributed by atoms with E-state index in [4.69, 9.17) is 0 Å². The molecule has 3 heterocycles. The van der Waals surface area contributed by atoms with Crippen LogP contribution in [0.25, 0.3) is 0 Å². The second-order valence-corrected chi connectivity index (χ2v) is 7.17. The largest absolute Gasteiger partial charge is 0.342 e. The van der Waals surface area contributed by atoms with Crippen LogP contribution in [0.1, 0.15) is 42.6 Å². The van der Waals surface area contributed by atoms with E-state index in [1.807, 2.05) is 30.1 Å². The van der Waals surface area contributed by atoms with Crippen LogP contribution in [0, 0.1) is 19.8 Å². The number of likely N-dealkylation sites (tertiary alicyclic amines) is 1. The number of rotatable bonds is 6. The van der Waals surface area contributed by atoms with Gasteiger partial charge in [-0.1, -0.05) is 6.07 Å². The van der Waals surface area contributed by atoms with Crippen LogP contribution in [-0.4, -0.2) is 38.7 Å². The molecule has 2 aromatic rings. The summed E-state index contributed by atoms with van der Waals surface area (Å²) in [7, 11) is 0. The Kier molecular flexibility index (Phi) is 5.84. The molecule has 0 aromatic carbocycles. The molecule has 0 saturated carbocycles. The van der Waals surface area contributed by atoms with Gasteiger partial charge in [0.15, 0.2) is 0 Å². The lowest BCUT2D eigenvalue weighted by Gasteiger charge is -2.33. The molecule has 1 fully saturated rings. The second kappa shape index (κ2) is 8.28. The monoisotopic (exact) mass is 340 g/mol. The number of aryl methyl sites for hydroxylation is 3. The minimum Gasteiger partial charge on any atom is -0.342 e. The predicted molar refractivity (Wildman–Crippen MR) is 98.2 cm³/mol. The molecule has 1 aliphatic heterocycles. The summed E-state index contributed by atoms with van der Waals surface area (Å²) in [5.41, 5.74) is 3.48. The van der Waals surface area contributed by atoms with Crippen LogP contribution >= 0.6 is 0 Å². The van der Waals surface area contributed by atoms with Gasteiger partial charge in [0, 0.05) is 44.1 Å². The maximum atomic E-state index is 12.6. The quantitative estimate of drug-likeness (QED) is 0.812. The first-order chi connectivity index (χ1) is 12.1. The fraction of sp³-hybridized carbons (Fsp3) is 0.550. The van der Waals surface area contributed by atoms with Crippen LogP contribution in [0.5, 0.6) is 0 Å². The van der Waals surface area contributed by atoms with Crippen molar-refractivity contribution in [3.8, 4) is 0 Å². The van der Waals surface area contributed by atoms with Gasteiger partial charge in [0.2, 0.25) is 5.91 Å². The standard InChI is InChI=1S/C20H28N4O/c1-16-12-17(2)24(22-16)11-5-8-20(25)23-10-4-7-19(15-23)13-18-6-3-9-21-14-18/h3,6,9,12,14,19H,4-5,7-8,10-11,13,15H2,1-2H3/t19-/m0/s1. The summed E-state index contributed by atoms with van der Waals surface area (Å²) in [5, 5.41) is 4.46. The zero-order chi connectivity index (χ0) is 17.6. The van der Waals surface area contributed by atoms with E-state index in [1.165, 1.54) is 17.7 Å². The van der Waals surface area contributed by atoms with Crippen LogP contribution in [-0.2, 0) is 17.8 Å². The van der Waals surface area contributed by atoms with Gasteiger partial charge in [0.1, 0.15) is 0 Å². The van der Waals surface area contributed by atoms with E-state index in [2.05, 4.69) is 34.0 Å². The van der Waals surface area contributed by atoms with E-state index < -0.39 is 0 Å². The molecule has 5 nitrogen and oxygen atoms in total. The lowest BCUT2D eigenvalue weighted by atomic mass is 9.91. The molecule has 0 radical (unpaired) electrons. The van der Waals surface area contributed by atoms with Crippen molar-refractivity contribution in [1.82, 2.24) is 19.7 Å². The Labute approximate surface area is 150 Å². The van der Waals surface area contributed by atoms with E-state index >= 15 is 0 Å². The highest BCUT2D eigenvalue weighted by Gasteiger charge is 2.23. The summed E-state index contributed by atoms with van der Waals surface area (Å²) >= 11 is 0. The third kappa shape index (κ3) is 4.91. The first-order valence-corrected chi connectivity index (χ1v) is 9.29. The average molecular weight is 340 g/mol. The number of nitrogens with zero attached hydrogens (tertiary/aromatic N) is 4. The number of hydrogen-bond donors (Lipinski definition) is 0. The van der Waals surface area contributed by atoms with E-state index in [0.29, 0.717) is 12.3 Å². The topological polar surface area (TPSA) is 51.0 Å². The van der Waals surface area contributed by atoms with Crippen molar-refractivity contribution in [1.29, 1.82) is 0 Å². The van der Waals surface area contributed by atoms with Crippen LogP contribution < -0.4 is 0 Å². The van der Waals surface area contributed by atoms with Crippen molar-refractivity contribution in [3.63, 3.8) is 0 Å². The predicted octanol–water partition coefficient (Wildman–Crippen LogP) is 3.16. The number of hydrogen-bond acceptors (Lipinski definition) is 3. The lowest BCUT2D eigenvalue weighted by Crippen LogP contribution is -2.40. The van der Waals surface area contributed by atoms with Crippen molar-refractivity contribution in [2.45, 2.75) is 52.5 Å². The molecule has 0 aliphatic carbocycles. The minimum atomic E-state index is 0.289. The SMILES string of the molecule is Cc1cc(C)n(CCCC(=O)N2CCC[C@@H](Cc3cccnc3)C2)n1. The number of amides is 1. The van der Waals surface area contributed by atoms with Crippen LogP contribution in [0.2, 0.25) is 0 Å². The summed E-state index contributed by atoms with van der Waals surface area (Å²) in [6.45, 7) is 6.68. The minimum absolute atomic E-state index is 0.289. The maximum absolute atomic E-state index is 12.6. The van der Waals surface area contributed by atoms with Crippen molar-refractivity contribution in [2.24, 2.45) is 5.92 Å². The fourth-order valence-corrected chi connectivity index (χ4v) is 3.75. The maximum Gasteiger partial charge on any atom is 0.222 e. The van der Waals surface area contributed by atoms with Crippen LogP contribution in [0.4, 0.5) is 0 Å². The molecule has 134 valence electrons. The van der Waals surface area contributed by atoms with Crippen LogP contribution in [0.15, 0.2) is 30.6 Å². The van der Waals surface area contributed by atoms with Gasteiger partial charge in [0.05, 0.1) is 5.69 Å². The van der Waals surface area contributed by atoms with Gasteiger partial charge in [-0.25, -0.2) is 0 Å². The smallest absolute Gasteiger partial charge is 0.222 e. The summed E-state index contributed by atoms with van der Waals surface area (Å²) in [5.74, 6) is 0.843. The molecule has 0 spiro atoms. The summed E-state index contributed by atoms with van der Waals surface area (Å²) in [6, 6.07) is 6.19. The molecule has 1 aliphatic rings. The number of aromatic nitrogens is 3. The number of carbonyl (C=O) groups excluding carboxylic acids is 1. The van der Waals surface area contributed by atoms with Gasteiger partial charge < -0.3 is 4.90 Å². The Morgan fingerprint density at radius 1 is 1.36 bits per heavy atom. The third-order valence-electron chi connectivity index (χ3n) is 4.98. The normalized spacial score (nSPS) is 17.7. The van der Waals surface area contributed by atoms with Crippen molar-refractivity contribution in [2.75, 3.05) is 13.1 Å². The van der Waals surface area contributed by atoms with E-state index in [0.717, 1.165) is 44.6 Å². The van der Waals surface area contributed by atoms with E-state index in [1.54, 1.807) is 0 Å². The van der Waals surface area contributed by atoms with Crippen LogP contribution in [0.3, 0.4) is 0 Å². The zero-order valence-corrected chi connectivity index (χ0v) is 15.3. The van der Waals surface area contributed by atoms with Crippen molar-refractivity contribution in [3.05, 3.63) is 47.5 Å². The molecule has 1 saturated heterocycles. The number of piperidine rings is 1. The fourth-order valence-electron chi connectivity index (χ4n) is 3.75. The third-order valence-corrected chi connectivity index (χ3v) is 4.98. The summed E-state index contributed by atoms with van der Waals surface area (Å²) < 4.78 is 2.00. The van der Waals surface area contributed by atoms with Crippen molar-refractivity contribution < 1.29 is 4.79 Å². The Morgan fingerprint density at radius 2 is 2.24 bits per heavy atom. The number of pyridine rings is 1. The molecular formula is C20H28N4O. The summed E-state index contributed by atoms with van der Waals surface area (Å²) in [6.07, 6.45) is 8.53. The highest BCUT2D eigenvalue weighted by Crippen LogP contribution is 2.21. The summed E-state index contributed by atoms with van der Waals surface area (Å²) in [4.78, 5) is 18.8. The zero-order valence-electron chi connectivity index (χ0n) is 15.3. The van der Waals surface area contributed by atoms with E-state index in [9.17, 15) is 4.79 Å². The average Bonchev–Trinajstić information content (AvgIpc) is 2.93. The first-order valence-electron chi connectivity index (χ1n) is 9.29. The first kappa shape index (κ1) is 17.6. The Balaban J connectivity index is 1.46. The molecule has 25 heavy (non-hydrogen) atoms. The van der Waals surface area contributed by atoms with Gasteiger partial charge in [-0.05, 0) is 63.1 Å². The second-order valence-electron chi connectivity index (χ2n) is 7.17. The molecule has 2 aromatic heterocycles. The van der Waals surface area contributed by atoms with Gasteiger partial charge in [-0.15, -0.1) is 0 Å². The van der Waals surface area contributed by atoms with Crippen molar-refractivity contribution >= 4 is 5.91 Å². The van der Waals surface area contributed by atoms with Gasteiger partial charge in [-0.3, -0.25) is 14.5 Å². The number of carbonyl (C=O) groups is 1. The molecule has 3 rings (SSSR count). The lowest BCUT2D eigenvalue weighted by molar-refractivity contribution is -0.133. The highest BCUT2D eigenvalue weighted by atomic mass is 16.2. The molecule has 1 amide bonds. The molecule has 0 N–H and O–H groups in total. The molecular weight excluding hydrogens is 312 g/mol. The Bertz CT molecular complexity index is 695.